The van der Waals surface area contributed by atoms with Crippen LogP contribution in [0.1, 0.15) is 22.2 Å². The van der Waals surface area contributed by atoms with Crippen molar-refractivity contribution in [3.8, 4) is 5.75 Å². The minimum absolute atomic E-state index is 0.151. The second kappa shape index (κ2) is 8.45. The Labute approximate surface area is 159 Å². The molecule has 0 aliphatic carbocycles. The van der Waals surface area contributed by atoms with Crippen LogP contribution in [-0.2, 0) is 9.53 Å². The number of rotatable bonds is 7. The van der Waals surface area contributed by atoms with Gasteiger partial charge in [0.25, 0.3) is 5.91 Å². The average molecular weight is 386 g/mol. The second-order valence-corrected chi connectivity index (χ2v) is 6.45. The second-order valence-electron chi connectivity index (χ2n) is 5.45. The van der Waals surface area contributed by atoms with Crippen molar-refractivity contribution < 1.29 is 19.1 Å². The van der Waals surface area contributed by atoms with E-state index in [-0.39, 0.29) is 12.5 Å². The van der Waals surface area contributed by atoms with Crippen molar-refractivity contribution in [3.63, 3.8) is 0 Å². The normalized spacial score (nSPS) is 10.4. The first-order valence-electron chi connectivity index (χ1n) is 8.24. The topological polar surface area (TPSA) is 102 Å². The van der Waals surface area contributed by atoms with Gasteiger partial charge in [0, 0.05) is 0 Å². The van der Waals surface area contributed by atoms with Crippen LogP contribution in [0, 0.1) is 6.92 Å². The highest BCUT2D eigenvalue weighted by molar-refractivity contribution is 7.20. The third-order valence-corrected chi connectivity index (χ3v) is 4.80. The number of carbonyl (C=O) groups excluding carboxylic acids is 2. The Kier molecular flexibility index (Phi) is 5.82. The highest BCUT2D eigenvalue weighted by Crippen LogP contribution is 2.33. The van der Waals surface area contributed by atoms with Crippen LogP contribution < -0.4 is 15.6 Å². The van der Waals surface area contributed by atoms with E-state index in [0.29, 0.717) is 38.8 Å². The summed E-state index contributed by atoms with van der Waals surface area (Å²) in [5.74, 6) is 0.232. The number of anilines is 1. The van der Waals surface area contributed by atoms with Gasteiger partial charge >= 0.3 is 5.97 Å². The maximum Gasteiger partial charge on any atom is 0.348 e. The quantitative estimate of drug-likeness (QED) is 0.475. The Morgan fingerprint density at radius 3 is 2.70 bits per heavy atom. The lowest BCUT2D eigenvalue weighted by molar-refractivity contribution is -0.122. The number of nitrogens with zero attached hydrogens (tertiary/aromatic N) is 2. The molecule has 2 aromatic heterocycles. The van der Waals surface area contributed by atoms with Crippen LogP contribution in [0.4, 0.5) is 5.82 Å². The van der Waals surface area contributed by atoms with Crippen molar-refractivity contribution in [1.82, 2.24) is 15.4 Å². The number of para-hydroxylation sites is 1. The fraction of sp³-hybridized carbons (Fsp3) is 0.222. The summed E-state index contributed by atoms with van der Waals surface area (Å²) in [6.45, 7) is 3.68. The molecule has 8 nitrogen and oxygen atoms in total. The van der Waals surface area contributed by atoms with Crippen molar-refractivity contribution in [2.75, 3.05) is 18.6 Å². The summed E-state index contributed by atoms with van der Waals surface area (Å²) >= 11 is 1.22. The van der Waals surface area contributed by atoms with Gasteiger partial charge in [-0.25, -0.2) is 14.8 Å². The third-order valence-electron chi connectivity index (χ3n) is 3.62. The number of fused-ring (bicyclic) bond motifs is 1. The molecule has 1 amide bonds. The number of aromatic nitrogens is 2. The fourth-order valence-corrected chi connectivity index (χ4v) is 3.43. The Balaban J connectivity index is 1.69. The Hall–Kier alpha value is -3.20. The number of aryl methyl sites for hydroxylation is 1. The highest BCUT2D eigenvalue weighted by Gasteiger charge is 2.20. The van der Waals surface area contributed by atoms with E-state index in [1.165, 1.54) is 17.7 Å². The molecule has 2 N–H and O–H groups in total. The molecule has 140 valence electrons. The van der Waals surface area contributed by atoms with Gasteiger partial charge in [0.05, 0.1) is 12.0 Å². The van der Waals surface area contributed by atoms with E-state index in [1.54, 1.807) is 26.0 Å². The molecule has 9 heteroatoms. The van der Waals surface area contributed by atoms with Crippen LogP contribution in [0.3, 0.4) is 0 Å². The number of nitrogens with one attached hydrogen (secondary N) is 2. The molecule has 0 unspecified atom stereocenters. The van der Waals surface area contributed by atoms with Crippen molar-refractivity contribution in [2.45, 2.75) is 13.8 Å². The zero-order valence-electron chi connectivity index (χ0n) is 14.8. The third kappa shape index (κ3) is 4.32. The molecular weight excluding hydrogens is 368 g/mol. The summed E-state index contributed by atoms with van der Waals surface area (Å²) < 4.78 is 10.5. The molecule has 0 radical (unpaired) electrons. The van der Waals surface area contributed by atoms with E-state index in [2.05, 4.69) is 20.8 Å². The number of esters is 1. The molecule has 1 aromatic carbocycles. The SMILES string of the molecule is CCOC(=O)c1sc2ncnc(NNC(=O)COc3ccccc3)c2c1C. The number of amides is 1. The molecule has 0 aliphatic heterocycles. The minimum atomic E-state index is -0.399. The van der Waals surface area contributed by atoms with Crippen molar-refractivity contribution in [2.24, 2.45) is 0 Å². The largest absolute Gasteiger partial charge is 0.484 e. The van der Waals surface area contributed by atoms with E-state index in [1.807, 2.05) is 18.2 Å². The number of carbonyl (C=O) groups is 2. The lowest BCUT2D eigenvalue weighted by Crippen LogP contribution is -2.34. The van der Waals surface area contributed by atoms with Crippen LogP contribution >= 0.6 is 11.3 Å². The molecule has 3 rings (SSSR count). The number of thiophene rings is 1. The first kappa shape index (κ1) is 18.6. The zero-order valence-corrected chi connectivity index (χ0v) is 15.6. The fourth-order valence-electron chi connectivity index (χ4n) is 2.39. The van der Waals surface area contributed by atoms with Gasteiger partial charge in [-0.2, -0.15) is 0 Å². The summed E-state index contributed by atoms with van der Waals surface area (Å²) in [6, 6.07) is 9.04. The first-order valence-corrected chi connectivity index (χ1v) is 9.05. The maximum atomic E-state index is 12.1. The maximum absolute atomic E-state index is 12.1. The van der Waals surface area contributed by atoms with E-state index in [9.17, 15) is 9.59 Å². The lowest BCUT2D eigenvalue weighted by atomic mass is 10.2. The molecule has 0 atom stereocenters. The van der Waals surface area contributed by atoms with Gasteiger partial charge < -0.3 is 9.47 Å². The first-order chi connectivity index (χ1) is 13.1. The Morgan fingerprint density at radius 1 is 1.19 bits per heavy atom. The van der Waals surface area contributed by atoms with Gasteiger partial charge in [0.15, 0.2) is 12.4 Å². The van der Waals surface area contributed by atoms with Crippen molar-refractivity contribution >= 4 is 39.2 Å². The van der Waals surface area contributed by atoms with Crippen LogP contribution in [0.15, 0.2) is 36.7 Å². The van der Waals surface area contributed by atoms with Gasteiger partial charge in [0.2, 0.25) is 0 Å². The van der Waals surface area contributed by atoms with Crippen LogP contribution in [-0.4, -0.2) is 35.1 Å². The molecule has 0 saturated heterocycles. The van der Waals surface area contributed by atoms with E-state index in [4.69, 9.17) is 9.47 Å². The molecule has 0 aliphatic rings. The summed E-state index contributed by atoms with van der Waals surface area (Å²) in [5, 5.41) is 0.662. The van der Waals surface area contributed by atoms with E-state index < -0.39 is 5.97 Å². The molecule has 0 fully saturated rings. The van der Waals surface area contributed by atoms with Crippen molar-refractivity contribution in [3.05, 3.63) is 47.1 Å². The highest BCUT2D eigenvalue weighted by atomic mass is 32.1. The summed E-state index contributed by atoms with van der Waals surface area (Å²) in [7, 11) is 0. The number of hydrogen-bond donors (Lipinski definition) is 2. The van der Waals surface area contributed by atoms with Gasteiger partial charge in [-0.05, 0) is 31.5 Å². The Morgan fingerprint density at radius 2 is 1.96 bits per heavy atom. The lowest BCUT2D eigenvalue weighted by Gasteiger charge is -2.10. The minimum Gasteiger partial charge on any atom is -0.484 e. The average Bonchev–Trinajstić information content (AvgIpc) is 3.03. The molecule has 3 aromatic rings. The van der Waals surface area contributed by atoms with E-state index in [0.717, 1.165) is 0 Å². The number of benzene rings is 1. The predicted octanol–water partition coefficient (Wildman–Crippen LogP) is 2.70. The predicted molar refractivity (Wildman–Crippen MR) is 102 cm³/mol. The van der Waals surface area contributed by atoms with E-state index >= 15 is 0 Å². The smallest absolute Gasteiger partial charge is 0.348 e. The van der Waals surface area contributed by atoms with Gasteiger partial charge in [-0.1, -0.05) is 18.2 Å². The zero-order chi connectivity index (χ0) is 19.2. The van der Waals surface area contributed by atoms with Gasteiger partial charge in [-0.15, -0.1) is 11.3 Å². The Bertz CT molecular complexity index is 959. The van der Waals surface area contributed by atoms with Crippen molar-refractivity contribution in [1.29, 1.82) is 0 Å². The molecule has 2 heterocycles. The van der Waals surface area contributed by atoms with Gasteiger partial charge in [-0.3, -0.25) is 15.6 Å². The standard InChI is InChI=1S/C18H18N4O4S/c1-3-25-18(24)15-11(2)14-16(19-10-20-17(14)27-15)22-21-13(23)9-26-12-7-5-4-6-8-12/h4-8,10H,3,9H2,1-2H3,(H,21,23)(H,19,20,22). The number of hydrazine groups is 1. The number of hydrogen-bond acceptors (Lipinski definition) is 8. The monoisotopic (exact) mass is 386 g/mol. The van der Waals surface area contributed by atoms with Gasteiger partial charge in [0.1, 0.15) is 21.8 Å². The van der Waals surface area contributed by atoms with Crippen LogP contribution in [0.2, 0.25) is 0 Å². The molecule has 27 heavy (non-hydrogen) atoms. The molecule has 0 bridgehead atoms. The molecule has 0 spiro atoms. The molecule has 0 saturated carbocycles. The molecular formula is C18H18N4O4S. The summed E-state index contributed by atoms with van der Waals surface area (Å²) in [6.07, 6.45) is 1.36. The van der Waals surface area contributed by atoms with Crippen LogP contribution in [0.5, 0.6) is 5.75 Å². The number of ether oxygens (including phenoxy) is 2. The summed E-state index contributed by atoms with van der Waals surface area (Å²) in [5.41, 5.74) is 6.01. The van der Waals surface area contributed by atoms with Crippen LogP contribution in [0.25, 0.3) is 10.2 Å². The summed E-state index contributed by atoms with van der Waals surface area (Å²) in [4.78, 5) is 33.5.